The molecule has 1 N–H and O–H groups in total. The predicted molar refractivity (Wildman–Crippen MR) is 69.6 cm³/mol. The molecule has 2 heterocycles. The van der Waals surface area contributed by atoms with E-state index in [1.807, 2.05) is 13.8 Å². The summed E-state index contributed by atoms with van der Waals surface area (Å²) in [6.45, 7) is 7.07. The van der Waals surface area contributed by atoms with Crippen molar-refractivity contribution in [3.05, 3.63) is 11.7 Å². The average molecular weight is 269 g/mol. The molecule has 1 unspecified atom stereocenters. The van der Waals surface area contributed by atoms with Crippen LogP contribution in [0.2, 0.25) is 0 Å². The van der Waals surface area contributed by atoms with Gasteiger partial charge in [-0.2, -0.15) is 4.98 Å². The Morgan fingerprint density at radius 2 is 2.16 bits per heavy atom. The number of hydrogen-bond donors (Lipinski definition) is 1. The minimum Gasteiger partial charge on any atom is -0.370 e. The average Bonchev–Trinajstić information content (AvgIpc) is 2.92. The van der Waals surface area contributed by atoms with Crippen molar-refractivity contribution in [2.75, 3.05) is 19.7 Å². The summed E-state index contributed by atoms with van der Waals surface area (Å²) in [6.07, 6.45) is 3.13. The van der Waals surface area contributed by atoms with E-state index >= 15 is 0 Å². The summed E-state index contributed by atoms with van der Waals surface area (Å²) in [7, 11) is 0. The molecule has 0 saturated carbocycles. The van der Waals surface area contributed by atoms with Crippen LogP contribution in [0.3, 0.4) is 0 Å². The standard InChI is InChI=1S/C13H23N3O3/c1-3-11(17-4-2)13-15-12(19-16-13)9-18-10-5-7-14-8-6-10/h10-11,14H,3-9H2,1-2H3. The molecule has 1 fully saturated rings. The number of nitrogens with one attached hydrogen (secondary N) is 1. The number of rotatable bonds is 7. The molecule has 1 atom stereocenters. The van der Waals surface area contributed by atoms with E-state index in [0.29, 0.717) is 31.0 Å². The van der Waals surface area contributed by atoms with Crippen LogP contribution in [0.4, 0.5) is 0 Å². The number of aromatic nitrogens is 2. The van der Waals surface area contributed by atoms with E-state index in [1.165, 1.54) is 0 Å². The van der Waals surface area contributed by atoms with Crippen molar-refractivity contribution in [2.24, 2.45) is 0 Å². The topological polar surface area (TPSA) is 69.4 Å². The zero-order valence-electron chi connectivity index (χ0n) is 11.7. The van der Waals surface area contributed by atoms with Crippen molar-refractivity contribution in [2.45, 2.75) is 51.9 Å². The second kappa shape index (κ2) is 7.57. The highest BCUT2D eigenvalue weighted by Crippen LogP contribution is 2.18. The van der Waals surface area contributed by atoms with Gasteiger partial charge in [-0.3, -0.25) is 0 Å². The highest BCUT2D eigenvalue weighted by atomic mass is 16.5. The number of nitrogens with zero attached hydrogens (tertiary/aromatic N) is 2. The van der Waals surface area contributed by atoms with Gasteiger partial charge in [0.1, 0.15) is 12.7 Å². The fourth-order valence-electron chi connectivity index (χ4n) is 2.18. The smallest absolute Gasteiger partial charge is 0.252 e. The Kier molecular flexibility index (Phi) is 5.75. The molecule has 1 aliphatic heterocycles. The quantitative estimate of drug-likeness (QED) is 0.814. The van der Waals surface area contributed by atoms with Gasteiger partial charge in [0.25, 0.3) is 5.89 Å². The van der Waals surface area contributed by atoms with Crippen molar-refractivity contribution >= 4 is 0 Å². The van der Waals surface area contributed by atoms with Crippen LogP contribution in [0.1, 0.15) is 50.9 Å². The minimum atomic E-state index is -0.0821. The molecular formula is C13H23N3O3. The van der Waals surface area contributed by atoms with Crippen molar-refractivity contribution in [3.63, 3.8) is 0 Å². The van der Waals surface area contributed by atoms with E-state index < -0.39 is 0 Å². The Hall–Kier alpha value is -0.980. The van der Waals surface area contributed by atoms with Gasteiger partial charge in [-0.15, -0.1) is 0 Å². The first-order chi connectivity index (χ1) is 9.33. The first-order valence-corrected chi connectivity index (χ1v) is 7.09. The third kappa shape index (κ3) is 4.26. The summed E-state index contributed by atoms with van der Waals surface area (Å²) < 4.78 is 16.5. The lowest BCUT2D eigenvalue weighted by molar-refractivity contribution is 0.00858. The second-order valence-corrected chi connectivity index (χ2v) is 4.66. The third-order valence-electron chi connectivity index (χ3n) is 3.24. The molecule has 1 aliphatic rings. The summed E-state index contributed by atoms with van der Waals surface area (Å²) in [5, 5.41) is 7.27. The fourth-order valence-corrected chi connectivity index (χ4v) is 2.18. The first-order valence-electron chi connectivity index (χ1n) is 7.09. The fraction of sp³-hybridized carbons (Fsp3) is 0.846. The van der Waals surface area contributed by atoms with Crippen molar-refractivity contribution < 1.29 is 14.0 Å². The Balaban J connectivity index is 1.82. The van der Waals surface area contributed by atoms with Crippen LogP contribution in [0.5, 0.6) is 0 Å². The van der Waals surface area contributed by atoms with E-state index in [-0.39, 0.29) is 6.10 Å². The summed E-state index contributed by atoms with van der Waals surface area (Å²) in [4.78, 5) is 4.34. The largest absolute Gasteiger partial charge is 0.370 e. The monoisotopic (exact) mass is 269 g/mol. The molecule has 0 aromatic carbocycles. The van der Waals surface area contributed by atoms with Gasteiger partial charge >= 0.3 is 0 Å². The molecule has 6 heteroatoms. The van der Waals surface area contributed by atoms with Crippen LogP contribution in [-0.4, -0.2) is 35.9 Å². The summed E-state index contributed by atoms with van der Waals surface area (Å²) in [5.74, 6) is 1.15. The van der Waals surface area contributed by atoms with Crippen LogP contribution >= 0.6 is 0 Å². The van der Waals surface area contributed by atoms with Crippen LogP contribution < -0.4 is 5.32 Å². The molecule has 1 saturated heterocycles. The van der Waals surface area contributed by atoms with Gasteiger partial charge in [0.05, 0.1) is 6.10 Å². The summed E-state index contributed by atoms with van der Waals surface area (Å²) in [5.41, 5.74) is 0. The predicted octanol–water partition coefficient (Wildman–Crippen LogP) is 1.83. The molecule has 0 bridgehead atoms. The maximum absolute atomic E-state index is 5.78. The second-order valence-electron chi connectivity index (χ2n) is 4.66. The van der Waals surface area contributed by atoms with Gasteiger partial charge in [-0.1, -0.05) is 12.1 Å². The van der Waals surface area contributed by atoms with Crippen LogP contribution in [-0.2, 0) is 16.1 Å². The van der Waals surface area contributed by atoms with Gasteiger partial charge in [-0.25, -0.2) is 0 Å². The molecule has 6 nitrogen and oxygen atoms in total. The molecule has 19 heavy (non-hydrogen) atoms. The minimum absolute atomic E-state index is 0.0821. The Morgan fingerprint density at radius 3 is 2.84 bits per heavy atom. The zero-order chi connectivity index (χ0) is 13.5. The molecule has 0 amide bonds. The van der Waals surface area contributed by atoms with Crippen LogP contribution in [0.15, 0.2) is 4.52 Å². The molecule has 1 aromatic heterocycles. The van der Waals surface area contributed by atoms with Gasteiger partial charge in [-0.05, 0) is 39.3 Å². The van der Waals surface area contributed by atoms with Gasteiger partial charge in [0.2, 0.25) is 5.82 Å². The first kappa shape index (κ1) is 14.4. The van der Waals surface area contributed by atoms with Crippen molar-refractivity contribution in [3.8, 4) is 0 Å². The van der Waals surface area contributed by atoms with Crippen molar-refractivity contribution in [1.82, 2.24) is 15.5 Å². The van der Waals surface area contributed by atoms with E-state index in [0.717, 1.165) is 32.4 Å². The lowest BCUT2D eigenvalue weighted by atomic mass is 10.1. The lowest BCUT2D eigenvalue weighted by Crippen LogP contribution is -2.32. The SMILES string of the molecule is CCOC(CC)c1noc(COC2CCNCC2)n1. The molecule has 108 valence electrons. The highest BCUT2D eigenvalue weighted by molar-refractivity contribution is 4.90. The van der Waals surface area contributed by atoms with E-state index in [9.17, 15) is 0 Å². The number of ether oxygens (including phenoxy) is 2. The van der Waals surface area contributed by atoms with Crippen LogP contribution in [0, 0.1) is 0 Å². The van der Waals surface area contributed by atoms with Gasteiger partial charge < -0.3 is 19.3 Å². The summed E-state index contributed by atoms with van der Waals surface area (Å²) in [6, 6.07) is 0. The van der Waals surface area contributed by atoms with Crippen molar-refractivity contribution in [1.29, 1.82) is 0 Å². The number of piperidine rings is 1. The molecule has 0 aliphatic carbocycles. The Morgan fingerprint density at radius 1 is 1.37 bits per heavy atom. The van der Waals surface area contributed by atoms with E-state index in [4.69, 9.17) is 14.0 Å². The lowest BCUT2D eigenvalue weighted by Gasteiger charge is -2.21. The van der Waals surface area contributed by atoms with E-state index in [2.05, 4.69) is 15.5 Å². The third-order valence-corrected chi connectivity index (χ3v) is 3.24. The molecule has 0 radical (unpaired) electrons. The van der Waals surface area contributed by atoms with Gasteiger partial charge in [0, 0.05) is 6.61 Å². The molecule has 1 aromatic rings. The van der Waals surface area contributed by atoms with Gasteiger partial charge in [0.15, 0.2) is 0 Å². The summed E-state index contributed by atoms with van der Waals surface area (Å²) >= 11 is 0. The van der Waals surface area contributed by atoms with Crippen LogP contribution in [0.25, 0.3) is 0 Å². The maximum atomic E-state index is 5.78. The molecule has 2 rings (SSSR count). The normalized spacial score (nSPS) is 18.6. The zero-order valence-corrected chi connectivity index (χ0v) is 11.7. The Bertz CT molecular complexity index is 364. The maximum Gasteiger partial charge on any atom is 0.252 e. The molecular weight excluding hydrogens is 246 g/mol. The number of hydrogen-bond acceptors (Lipinski definition) is 6. The molecule has 0 spiro atoms. The van der Waals surface area contributed by atoms with E-state index in [1.54, 1.807) is 0 Å². The highest BCUT2D eigenvalue weighted by Gasteiger charge is 2.18. The Labute approximate surface area is 113 Å².